The average Bonchev–Trinajstić information content (AvgIpc) is 3.19. The summed E-state index contributed by atoms with van der Waals surface area (Å²) in [5, 5.41) is 14.7. The van der Waals surface area contributed by atoms with E-state index in [4.69, 9.17) is 9.63 Å². The summed E-state index contributed by atoms with van der Waals surface area (Å²) in [4.78, 5) is 31.1. The van der Waals surface area contributed by atoms with Gasteiger partial charge in [0, 0.05) is 17.5 Å². The highest BCUT2D eigenvalue weighted by Gasteiger charge is 2.14. The van der Waals surface area contributed by atoms with Crippen LogP contribution < -0.4 is 11.2 Å². The second-order valence-electron chi connectivity index (χ2n) is 4.81. The van der Waals surface area contributed by atoms with E-state index in [0.717, 1.165) is 6.42 Å². The quantitative estimate of drug-likeness (QED) is 0.675. The van der Waals surface area contributed by atoms with E-state index < -0.39 is 11.2 Å². The third-order valence-corrected chi connectivity index (χ3v) is 4.16. The molecule has 2 N–H and O–H groups in total. The molecule has 3 rings (SSSR count). The summed E-state index contributed by atoms with van der Waals surface area (Å²) in [5.74, 6) is 0.548. The van der Waals surface area contributed by atoms with Gasteiger partial charge in [0.1, 0.15) is 5.56 Å². The summed E-state index contributed by atoms with van der Waals surface area (Å²) in [5.41, 5.74) is -1.05. The van der Waals surface area contributed by atoms with Crippen molar-refractivity contribution in [1.82, 2.24) is 19.7 Å². The first-order valence-electron chi connectivity index (χ1n) is 6.97. The Morgan fingerprint density at radius 2 is 2.22 bits per heavy atom. The van der Waals surface area contributed by atoms with Crippen molar-refractivity contribution in [3.63, 3.8) is 0 Å². The first-order chi connectivity index (χ1) is 11.2. The van der Waals surface area contributed by atoms with Crippen molar-refractivity contribution in [2.75, 3.05) is 6.61 Å². The van der Waals surface area contributed by atoms with Crippen LogP contribution in [0.4, 0.5) is 0 Å². The standard InChI is InChI=1S/C14H14N4O4S/c19-6-5-18-8-10(13(20)16-14(18)21)12-15-11(22-17-12)4-3-9-2-1-7-23-9/h1-2,7-8,19H,3-6H2,(H,16,20,21). The predicted molar refractivity (Wildman–Crippen MR) is 83.4 cm³/mol. The smallest absolute Gasteiger partial charge is 0.328 e. The molecule has 0 bridgehead atoms. The van der Waals surface area contributed by atoms with Crippen molar-refractivity contribution < 1.29 is 9.63 Å². The fourth-order valence-electron chi connectivity index (χ4n) is 2.09. The van der Waals surface area contributed by atoms with Gasteiger partial charge in [-0.15, -0.1) is 11.3 Å². The van der Waals surface area contributed by atoms with Crippen LogP contribution in [0, 0.1) is 0 Å². The largest absolute Gasteiger partial charge is 0.395 e. The third kappa shape index (κ3) is 3.46. The number of aryl methyl sites for hydroxylation is 2. The Morgan fingerprint density at radius 1 is 1.35 bits per heavy atom. The van der Waals surface area contributed by atoms with Crippen LogP contribution in [0.5, 0.6) is 0 Å². The highest BCUT2D eigenvalue weighted by atomic mass is 32.1. The molecule has 0 atom stereocenters. The van der Waals surface area contributed by atoms with Gasteiger partial charge in [-0.3, -0.25) is 14.3 Å². The number of aliphatic hydroxyl groups excluding tert-OH is 1. The van der Waals surface area contributed by atoms with E-state index in [0.29, 0.717) is 12.3 Å². The Kier molecular flexibility index (Phi) is 4.49. The summed E-state index contributed by atoms with van der Waals surface area (Å²) in [6, 6.07) is 4.00. The van der Waals surface area contributed by atoms with Gasteiger partial charge in [0.15, 0.2) is 0 Å². The number of aromatic amines is 1. The zero-order valence-corrected chi connectivity index (χ0v) is 12.9. The fourth-order valence-corrected chi connectivity index (χ4v) is 2.80. The summed E-state index contributed by atoms with van der Waals surface area (Å²) in [6.45, 7) is -0.143. The molecule has 0 saturated carbocycles. The van der Waals surface area contributed by atoms with Crippen LogP contribution in [0.2, 0.25) is 0 Å². The minimum Gasteiger partial charge on any atom is -0.395 e. The Hall–Kier alpha value is -2.52. The number of H-pyrrole nitrogens is 1. The van der Waals surface area contributed by atoms with Gasteiger partial charge in [-0.1, -0.05) is 11.2 Å². The van der Waals surface area contributed by atoms with E-state index >= 15 is 0 Å². The summed E-state index contributed by atoms with van der Waals surface area (Å²) < 4.78 is 6.35. The van der Waals surface area contributed by atoms with Gasteiger partial charge in [-0.25, -0.2) is 4.79 Å². The van der Waals surface area contributed by atoms with Gasteiger partial charge in [-0.05, 0) is 17.9 Å². The Labute approximate surface area is 134 Å². The molecule has 0 aromatic carbocycles. The van der Waals surface area contributed by atoms with Crippen molar-refractivity contribution >= 4 is 11.3 Å². The van der Waals surface area contributed by atoms with Crippen LogP contribution in [-0.4, -0.2) is 31.4 Å². The van der Waals surface area contributed by atoms with Crippen molar-refractivity contribution in [3.8, 4) is 11.4 Å². The number of aliphatic hydroxyl groups is 1. The molecule has 3 heterocycles. The van der Waals surface area contributed by atoms with Crippen LogP contribution in [0.15, 0.2) is 37.8 Å². The molecule has 23 heavy (non-hydrogen) atoms. The lowest BCUT2D eigenvalue weighted by atomic mass is 10.2. The lowest BCUT2D eigenvalue weighted by Crippen LogP contribution is -2.31. The Balaban J connectivity index is 1.83. The molecule has 0 spiro atoms. The molecule has 120 valence electrons. The molecule has 0 aliphatic rings. The average molecular weight is 334 g/mol. The molecule has 0 aliphatic carbocycles. The van der Waals surface area contributed by atoms with Crippen molar-refractivity contribution in [1.29, 1.82) is 0 Å². The summed E-state index contributed by atoms with van der Waals surface area (Å²) in [7, 11) is 0. The highest BCUT2D eigenvalue weighted by molar-refractivity contribution is 7.09. The molecule has 0 aliphatic heterocycles. The number of thiophene rings is 1. The minimum absolute atomic E-state index is 0.0751. The lowest BCUT2D eigenvalue weighted by molar-refractivity contribution is 0.273. The molecular formula is C14H14N4O4S. The van der Waals surface area contributed by atoms with E-state index in [1.54, 1.807) is 11.3 Å². The second kappa shape index (κ2) is 6.71. The Morgan fingerprint density at radius 3 is 2.96 bits per heavy atom. The zero-order valence-electron chi connectivity index (χ0n) is 12.1. The molecule has 9 heteroatoms. The predicted octanol–water partition coefficient (Wildman–Crippen LogP) is 0.426. The molecule has 0 radical (unpaired) electrons. The van der Waals surface area contributed by atoms with E-state index in [-0.39, 0.29) is 24.5 Å². The van der Waals surface area contributed by atoms with E-state index in [9.17, 15) is 9.59 Å². The third-order valence-electron chi connectivity index (χ3n) is 3.23. The normalized spacial score (nSPS) is 11.0. The van der Waals surface area contributed by atoms with Gasteiger partial charge >= 0.3 is 5.69 Å². The maximum absolute atomic E-state index is 11.9. The lowest BCUT2D eigenvalue weighted by Gasteiger charge is -2.02. The van der Waals surface area contributed by atoms with Gasteiger partial charge in [0.2, 0.25) is 11.7 Å². The molecule has 0 saturated heterocycles. The molecule has 8 nitrogen and oxygen atoms in total. The summed E-state index contributed by atoms with van der Waals surface area (Å²) in [6.07, 6.45) is 2.67. The van der Waals surface area contributed by atoms with Crippen LogP contribution in [0.1, 0.15) is 10.8 Å². The van der Waals surface area contributed by atoms with Crippen LogP contribution >= 0.6 is 11.3 Å². The monoisotopic (exact) mass is 334 g/mol. The van der Waals surface area contributed by atoms with E-state index in [2.05, 4.69) is 15.1 Å². The van der Waals surface area contributed by atoms with Crippen molar-refractivity contribution in [2.45, 2.75) is 19.4 Å². The first kappa shape index (κ1) is 15.4. The van der Waals surface area contributed by atoms with Gasteiger partial charge in [-0.2, -0.15) is 4.98 Å². The number of hydrogen-bond donors (Lipinski definition) is 2. The maximum atomic E-state index is 11.9. The second-order valence-corrected chi connectivity index (χ2v) is 5.84. The minimum atomic E-state index is -0.589. The van der Waals surface area contributed by atoms with Crippen LogP contribution in [-0.2, 0) is 19.4 Å². The zero-order chi connectivity index (χ0) is 16.2. The molecule has 0 fully saturated rings. The number of nitrogens with zero attached hydrogens (tertiary/aromatic N) is 3. The van der Waals surface area contributed by atoms with Crippen LogP contribution in [0.25, 0.3) is 11.4 Å². The molecule has 3 aromatic rings. The maximum Gasteiger partial charge on any atom is 0.328 e. The SMILES string of the molecule is O=c1[nH]c(=O)n(CCO)cc1-c1noc(CCc2cccs2)n1. The van der Waals surface area contributed by atoms with E-state index in [1.807, 2.05) is 17.5 Å². The van der Waals surface area contributed by atoms with E-state index in [1.165, 1.54) is 15.6 Å². The number of nitrogens with one attached hydrogen (secondary N) is 1. The topological polar surface area (TPSA) is 114 Å². The van der Waals surface area contributed by atoms with Crippen LogP contribution in [0.3, 0.4) is 0 Å². The fraction of sp³-hybridized carbons (Fsp3) is 0.286. The Bertz CT molecular complexity index is 894. The molecule has 0 amide bonds. The number of aromatic nitrogens is 4. The van der Waals surface area contributed by atoms with Gasteiger partial charge < -0.3 is 9.63 Å². The van der Waals surface area contributed by atoms with Gasteiger partial charge in [0.25, 0.3) is 5.56 Å². The van der Waals surface area contributed by atoms with Crippen molar-refractivity contribution in [3.05, 3.63) is 55.3 Å². The first-order valence-corrected chi connectivity index (χ1v) is 7.85. The van der Waals surface area contributed by atoms with Crippen molar-refractivity contribution in [2.24, 2.45) is 0 Å². The van der Waals surface area contributed by atoms with Gasteiger partial charge in [0.05, 0.1) is 13.2 Å². The summed E-state index contributed by atoms with van der Waals surface area (Å²) >= 11 is 1.65. The highest BCUT2D eigenvalue weighted by Crippen LogP contribution is 2.14. The molecule has 0 unspecified atom stereocenters. The number of rotatable bonds is 6. The number of hydrogen-bond acceptors (Lipinski definition) is 7. The molecular weight excluding hydrogens is 320 g/mol. The molecule has 3 aromatic heterocycles.